The molecule has 6 heteroatoms. The Morgan fingerprint density at radius 1 is 1.08 bits per heavy atom. The van der Waals surface area contributed by atoms with Gasteiger partial charge in [-0.3, -0.25) is 4.79 Å². The molecule has 0 radical (unpaired) electrons. The number of anilines is 2. The third-order valence-electron chi connectivity index (χ3n) is 3.53. The van der Waals surface area contributed by atoms with Gasteiger partial charge in [-0.25, -0.2) is 0 Å². The number of carbonyl (C=O) groups is 1. The van der Waals surface area contributed by atoms with Crippen LogP contribution in [-0.4, -0.2) is 26.7 Å². The highest BCUT2D eigenvalue weighted by Crippen LogP contribution is 2.29. The van der Waals surface area contributed by atoms with Crippen molar-refractivity contribution in [3.63, 3.8) is 0 Å². The molecule has 0 heterocycles. The molecule has 128 valence electrons. The molecular weight excluding hydrogens is 328 g/mol. The molecule has 0 aliphatic carbocycles. The zero-order valence-corrected chi connectivity index (χ0v) is 14.7. The molecule has 24 heavy (non-hydrogen) atoms. The summed E-state index contributed by atoms with van der Waals surface area (Å²) < 4.78 is 10.4. The Balaban J connectivity index is 1.88. The Morgan fingerprint density at radius 3 is 2.54 bits per heavy atom. The molecule has 0 bridgehead atoms. The van der Waals surface area contributed by atoms with Crippen LogP contribution in [0.4, 0.5) is 11.4 Å². The van der Waals surface area contributed by atoms with Crippen LogP contribution in [-0.2, 0) is 4.79 Å². The highest BCUT2D eigenvalue weighted by atomic mass is 35.5. The van der Waals surface area contributed by atoms with E-state index in [1.807, 2.05) is 25.1 Å². The summed E-state index contributed by atoms with van der Waals surface area (Å²) in [6, 6.07) is 10.9. The molecule has 0 saturated carbocycles. The van der Waals surface area contributed by atoms with Crippen LogP contribution < -0.4 is 20.1 Å². The van der Waals surface area contributed by atoms with Crippen molar-refractivity contribution in [3.8, 4) is 11.5 Å². The standard InChI is InChI=1S/C18H21ClN2O3/c1-12-4-5-13(19)10-15(12)20-9-8-18(22)21-14-6-7-16(23-2)17(11-14)24-3/h4-7,10-11,20H,8-9H2,1-3H3,(H,21,22). The number of nitrogens with one attached hydrogen (secondary N) is 2. The lowest BCUT2D eigenvalue weighted by atomic mass is 10.2. The highest BCUT2D eigenvalue weighted by molar-refractivity contribution is 6.30. The topological polar surface area (TPSA) is 59.6 Å². The Hall–Kier alpha value is -2.40. The number of benzene rings is 2. The molecule has 0 saturated heterocycles. The summed E-state index contributed by atoms with van der Waals surface area (Å²) in [6.07, 6.45) is 0.334. The predicted octanol–water partition coefficient (Wildman–Crippen LogP) is 4.11. The fraction of sp³-hybridized carbons (Fsp3) is 0.278. The zero-order chi connectivity index (χ0) is 17.5. The van der Waals surface area contributed by atoms with E-state index in [2.05, 4.69) is 10.6 Å². The molecule has 0 spiro atoms. The number of amides is 1. The van der Waals surface area contributed by atoms with Crippen molar-refractivity contribution in [2.45, 2.75) is 13.3 Å². The molecule has 0 atom stereocenters. The van der Waals surface area contributed by atoms with Crippen molar-refractivity contribution in [3.05, 3.63) is 47.0 Å². The van der Waals surface area contributed by atoms with E-state index in [1.54, 1.807) is 32.4 Å². The van der Waals surface area contributed by atoms with E-state index >= 15 is 0 Å². The van der Waals surface area contributed by atoms with Crippen LogP contribution in [0.1, 0.15) is 12.0 Å². The molecule has 2 rings (SSSR count). The van der Waals surface area contributed by atoms with Crippen LogP contribution in [0, 0.1) is 6.92 Å². The monoisotopic (exact) mass is 348 g/mol. The average molecular weight is 349 g/mol. The summed E-state index contributed by atoms with van der Waals surface area (Å²) >= 11 is 5.98. The number of carbonyl (C=O) groups excluding carboxylic acids is 1. The van der Waals surface area contributed by atoms with Crippen molar-refractivity contribution < 1.29 is 14.3 Å². The molecule has 2 aromatic carbocycles. The second-order valence-corrected chi connectivity index (χ2v) is 5.69. The summed E-state index contributed by atoms with van der Waals surface area (Å²) in [5, 5.41) is 6.73. The number of rotatable bonds is 7. The molecule has 0 aliphatic heterocycles. The van der Waals surface area contributed by atoms with Gasteiger partial charge in [0.05, 0.1) is 14.2 Å². The molecule has 0 aliphatic rings. The summed E-state index contributed by atoms with van der Waals surface area (Å²) in [4.78, 5) is 12.1. The summed E-state index contributed by atoms with van der Waals surface area (Å²) in [5.41, 5.74) is 2.68. The van der Waals surface area contributed by atoms with Crippen LogP contribution in [0.3, 0.4) is 0 Å². The van der Waals surface area contributed by atoms with Gasteiger partial charge in [0.1, 0.15) is 0 Å². The van der Waals surface area contributed by atoms with E-state index in [-0.39, 0.29) is 5.91 Å². The van der Waals surface area contributed by atoms with Gasteiger partial charge in [0, 0.05) is 35.4 Å². The Morgan fingerprint density at radius 2 is 1.83 bits per heavy atom. The lowest BCUT2D eigenvalue weighted by Crippen LogP contribution is -2.16. The molecule has 0 aromatic heterocycles. The maximum atomic E-state index is 12.1. The first-order chi connectivity index (χ1) is 11.5. The Kier molecular flexibility index (Phi) is 6.32. The van der Waals surface area contributed by atoms with Crippen LogP contribution in [0.15, 0.2) is 36.4 Å². The Labute approximate surface area is 146 Å². The van der Waals surface area contributed by atoms with Crippen LogP contribution in [0.5, 0.6) is 11.5 Å². The molecule has 0 unspecified atom stereocenters. The number of aryl methyl sites for hydroxylation is 1. The van der Waals surface area contributed by atoms with Crippen LogP contribution >= 0.6 is 11.6 Å². The van der Waals surface area contributed by atoms with Crippen molar-refractivity contribution in [2.24, 2.45) is 0 Å². The van der Waals surface area contributed by atoms with E-state index in [1.165, 1.54) is 0 Å². The van der Waals surface area contributed by atoms with Gasteiger partial charge >= 0.3 is 0 Å². The zero-order valence-electron chi connectivity index (χ0n) is 14.0. The predicted molar refractivity (Wildman–Crippen MR) is 97.5 cm³/mol. The lowest BCUT2D eigenvalue weighted by molar-refractivity contribution is -0.115. The number of methoxy groups -OCH3 is 2. The van der Waals surface area contributed by atoms with Gasteiger partial charge in [-0.2, -0.15) is 0 Å². The van der Waals surface area contributed by atoms with E-state index in [0.29, 0.717) is 35.2 Å². The fourth-order valence-electron chi connectivity index (χ4n) is 2.23. The summed E-state index contributed by atoms with van der Waals surface area (Å²) in [7, 11) is 3.13. The van der Waals surface area contributed by atoms with E-state index in [0.717, 1.165) is 11.3 Å². The van der Waals surface area contributed by atoms with Crippen molar-refractivity contribution in [1.29, 1.82) is 0 Å². The lowest BCUT2D eigenvalue weighted by Gasteiger charge is -2.12. The normalized spacial score (nSPS) is 10.2. The number of hydrogen-bond donors (Lipinski definition) is 2. The van der Waals surface area contributed by atoms with Gasteiger partial charge in [0.15, 0.2) is 11.5 Å². The van der Waals surface area contributed by atoms with Gasteiger partial charge in [-0.1, -0.05) is 17.7 Å². The first-order valence-corrected chi connectivity index (χ1v) is 7.93. The quantitative estimate of drug-likeness (QED) is 0.790. The van der Waals surface area contributed by atoms with Gasteiger partial charge in [0.25, 0.3) is 0 Å². The van der Waals surface area contributed by atoms with Crippen molar-refractivity contribution in [2.75, 3.05) is 31.4 Å². The first kappa shape index (κ1) is 17.9. The number of hydrogen-bond acceptors (Lipinski definition) is 4. The van der Waals surface area contributed by atoms with Crippen LogP contribution in [0.2, 0.25) is 5.02 Å². The highest BCUT2D eigenvalue weighted by Gasteiger charge is 2.08. The molecule has 5 nitrogen and oxygen atoms in total. The third-order valence-corrected chi connectivity index (χ3v) is 3.77. The maximum Gasteiger partial charge on any atom is 0.226 e. The molecular formula is C18H21ClN2O3. The summed E-state index contributed by atoms with van der Waals surface area (Å²) in [6.45, 7) is 2.50. The van der Waals surface area contributed by atoms with E-state index in [9.17, 15) is 4.79 Å². The fourth-order valence-corrected chi connectivity index (χ4v) is 2.40. The summed E-state index contributed by atoms with van der Waals surface area (Å²) in [5.74, 6) is 1.10. The average Bonchev–Trinajstić information content (AvgIpc) is 2.57. The van der Waals surface area contributed by atoms with Crippen molar-refractivity contribution in [1.82, 2.24) is 0 Å². The van der Waals surface area contributed by atoms with Crippen molar-refractivity contribution >= 4 is 28.9 Å². The minimum Gasteiger partial charge on any atom is -0.493 e. The minimum atomic E-state index is -0.0885. The second kappa shape index (κ2) is 8.45. The Bertz CT molecular complexity index is 719. The van der Waals surface area contributed by atoms with Gasteiger partial charge < -0.3 is 20.1 Å². The van der Waals surface area contributed by atoms with Gasteiger partial charge in [-0.05, 0) is 36.8 Å². The maximum absolute atomic E-state index is 12.1. The second-order valence-electron chi connectivity index (χ2n) is 5.25. The number of halogens is 1. The van der Waals surface area contributed by atoms with Crippen LogP contribution in [0.25, 0.3) is 0 Å². The van der Waals surface area contributed by atoms with E-state index in [4.69, 9.17) is 21.1 Å². The van der Waals surface area contributed by atoms with Gasteiger partial charge in [-0.15, -0.1) is 0 Å². The third kappa shape index (κ3) is 4.80. The SMILES string of the molecule is COc1ccc(NC(=O)CCNc2cc(Cl)ccc2C)cc1OC. The molecule has 0 fully saturated rings. The molecule has 1 amide bonds. The molecule has 2 aromatic rings. The van der Waals surface area contributed by atoms with Gasteiger partial charge in [0.2, 0.25) is 5.91 Å². The smallest absolute Gasteiger partial charge is 0.226 e. The number of ether oxygens (including phenoxy) is 2. The molecule has 2 N–H and O–H groups in total. The van der Waals surface area contributed by atoms with E-state index < -0.39 is 0 Å². The largest absolute Gasteiger partial charge is 0.493 e. The first-order valence-electron chi connectivity index (χ1n) is 7.55. The minimum absolute atomic E-state index is 0.0885.